The molecule has 1 aliphatic heterocycles. The number of carbonyl (C=O) groups is 1. The number of carbonyl (C=O) groups excluding carboxylic acids is 1. The average Bonchev–Trinajstić information content (AvgIpc) is 2.87. The molecule has 0 N–H and O–H groups in total. The van der Waals surface area contributed by atoms with Gasteiger partial charge in [-0.2, -0.15) is 0 Å². The van der Waals surface area contributed by atoms with Crippen LogP contribution in [-0.2, 0) is 4.79 Å². The lowest BCUT2D eigenvalue weighted by Crippen LogP contribution is -2.29. The Hall–Kier alpha value is -2.33. The highest BCUT2D eigenvalue weighted by molar-refractivity contribution is 8.18. The van der Waals surface area contributed by atoms with Gasteiger partial charge in [0.15, 0.2) is 5.17 Å². The molecule has 2 aromatic carbocycles. The second-order valence-corrected chi connectivity index (χ2v) is 6.72. The minimum Gasteiger partial charge on any atom is -0.286 e. The zero-order valence-electron chi connectivity index (χ0n) is 13.9. The summed E-state index contributed by atoms with van der Waals surface area (Å²) in [7, 11) is 0. The van der Waals surface area contributed by atoms with Gasteiger partial charge in [0.1, 0.15) is 0 Å². The number of thioether (sulfide) groups is 1. The van der Waals surface area contributed by atoms with Gasteiger partial charge in [0.25, 0.3) is 5.91 Å². The second-order valence-electron chi connectivity index (χ2n) is 5.71. The Morgan fingerprint density at radius 1 is 1.08 bits per heavy atom. The van der Waals surface area contributed by atoms with Gasteiger partial charge in [0, 0.05) is 6.54 Å². The van der Waals surface area contributed by atoms with E-state index in [0.717, 1.165) is 27.7 Å². The zero-order valence-corrected chi connectivity index (χ0v) is 14.7. The van der Waals surface area contributed by atoms with Gasteiger partial charge in [-0.25, -0.2) is 4.99 Å². The quantitative estimate of drug-likeness (QED) is 0.735. The van der Waals surface area contributed by atoms with E-state index >= 15 is 0 Å². The van der Waals surface area contributed by atoms with Crippen molar-refractivity contribution in [2.24, 2.45) is 4.99 Å². The molecule has 0 saturated carbocycles. The zero-order chi connectivity index (χ0) is 16.9. The Bertz CT molecular complexity index is 779. The van der Waals surface area contributed by atoms with Crippen molar-refractivity contribution in [3.8, 4) is 0 Å². The number of aliphatic imine (C=N–C) groups is 1. The number of amides is 1. The lowest BCUT2D eigenvalue weighted by Gasteiger charge is -2.13. The van der Waals surface area contributed by atoms with Crippen LogP contribution in [0.3, 0.4) is 0 Å². The van der Waals surface area contributed by atoms with E-state index in [1.54, 1.807) is 4.90 Å². The first-order valence-electron chi connectivity index (χ1n) is 8.09. The van der Waals surface area contributed by atoms with Crippen molar-refractivity contribution < 1.29 is 4.79 Å². The Kier molecular flexibility index (Phi) is 5.16. The van der Waals surface area contributed by atoms with Crippen LogP contribution in [-0.4, -0.2) is 22.5 Å². The molecule has 1 saturated heterocycles. The summed E-state index contributed by atoms with van der Waals surface area (Å²) in [6.45, 7) is 4.81. The first kappa shape index (κ1) is 16.5. The molecule has 3 rings (SSSR count). The number of para-hydroxylation sites is 1. The summed E-state index contributed by atoms with van der Waals surface area (Å²) in [5.41, 5.74) is 3.11. The summed E-state index contributed by atoms with van der Waals surface area (Å²) in [5, 5.41) is 0.756. The van der Waals surface area contributed by atoms with E-state index in [1.165, 1.54) is 17.3 Å². The summed E-state index contributed by atoms with van der Waals surface area (Å²) >= 11 is 1.45. The molecule has 0 unspecified atom stereocenters. The average molecular weight is 336 g/mol. The van der Waals surface area contributed by atoms with Crippen molar-refractivity contribution in [1.29, 1.82) is 0 Å². The van der Waals surface area contributed by atoms with E-state index in [4.69, 9.17) is 0 Å². The number of amidine groups is 1. The summed E-state index contributed by atoms with van der Waals surface area (Å²) in [6.07, 6.45) is 2.85. The number of rotatable bonds is 4. The van der Waals surface area contributed by atoms with Crippen molar-refractivity contribution in [1.82, 2.24) is 4.90 Å². The molecule has 1 heterocycles. The van der Waals surface area contributed by atoms with Crippen LogP contribution in [0.25, 0.3) is 6.08 Å². The number of nitrogens with zero attached hydrogens (tertiary/aromatic N) is 2. The molecule has 1 amide bonds. The predicted octanol–water partition coefficient (Wildman–Crippen LogP) is 5.01. The number of aryl methyl sites for hydroxylation is 1. The molecule has 0 spiro atoms. The highest BCUT2D eigenvalue weighted by atomic mass is 32.2. The monoisotopic (exact) mass is 336 g/mol. The molecule has 0 aliphatic carbocycles. The van der Waals surface area contributed by atoms with Gasteiger partial charge in [-0.3, -0.25) is 9.69 Å². The summed E-state index contributed by atoms with van der Waals surface area (Å²) in [6, 6.07) is 17.9. The van der Waals surface area contributed by atoms with Crippen molar-refractivity contribution in [2.45, 2.75) is 20.3 Å². The first-order chi connectivity index (χ1) is 11.7. The Labute approximate surface area is 147 Å². The van der Waals surface area contributed by atoms with Crippen LogP contribution in [0.15, 0.2) is 64.5 Å². The Morgan fingerprint density at radius 3 is 2.46 bits per heavy atom. The van der Waals surface area contributed by atoms with Crippen molar-refractivity contribution in [3.63, 3.8) is 0 Å². The molecule has 4 heteroatoms. The van der Waals surface area contributed by atoms with E-state index in [1.807, 2.05) is 48.5 Å². The van der Waals surface area contributed by atoms with Gasteiger partial charge < -0.3 is 0 Å². The topological polar surface area (TPSA) is 32.7 Å². The number of hydrogen-bond donors (Lipinski definition) is 0. The molecule has 3 nitrogen and oxygen atoms in total. The van der Waals surface area contributed by atoms with Gasteiger partial charge in [-0.15, -0.1) is 0 Å². The Balaban J connectivity index is 1.92. The van der Waals surface area contributed by atoms with Crippen molar-refractivity contribution in [3.05, 3.63) is 70.6 Å². The maximum Gasteiger partial charge on any atom is 0.266 e. The molecule has 1 fully saturated rings. The Morgan fingerprint density at radius 2 is 1.79 bits per heavy atom. The summed E-state index contributed by atoms with van der Waals surface area (Å²) < 4.78 is 0. The fourth-order valence-electron chi connectivity index (χ4n) is 2.44. The molecule has 0 aromatic heterocycles. The van der Waals surface area contributed by atoms with Crippen LogP contribution in [0.1, 0.15) is 24.5 Å². The maximum atomic E-state index is 12.7. The largest absolute Gasteiger partial charge is 0.286 e. The second kappa shape index (κ2) is 7.49. The van der Waals surface area contributed by atoms with Gasteiger partial charge in [-0.05, 0) is 48.9 Å². The summed E-state index contributed by atoms with van der Waals surface area (Å²) in [5.74, 6) is 0.0390. The molecule has 0 radical (unpaired) electrons. The predicted molar refractivity (Wildman–Crippen MR) is 102 cm³/mol. The van der Waals surface area contributed by atoms with Gasteiger partial charge in [0.2, 0.25) is 0 Å². The number of benzene rings is 2. The highest BCUT2D eigenvalue weighted by Gasteiger charge is 2.32. The molecule has 24 heavy (non-hydrogen) atoms. The lowest BCUT2D eigenvalue weighted by molar-refractivity contribution is -0.122. The third-order valence-corrected chi connectivity index (χ3v) is 4.70. The van der Waals surface area contributed by atoms with Crippen LogP contribution in [0.4, 0.5) is 5.69 Å². The van der Waals surface area contributed by atoms with Crippen molar-refractivity contribution >= 4 is 34.6 Å². The number of hydrogen-bond acceptors (Lipinski definition) is 3. The van der Waals surface area contributed by atoms with Crippen LogP contribution in [0.5, 0.6) is 0 Å². The first-order valence-corrected chi connectivity index (χ1v) is 8.91. The summed E-state index contributed by atoms with van der Waals surface area (Å²) in [4.78, 5) is 19.9. The molecular weight excluding hydrogens is 316 g/mol. The normalized spacial score (nSPS) is 17.9. The fraction of sp³-hybridized carbons (Fsp3) is 0.200. The van der Waals surface area contributed by atoms with Crippen LogP contribution in [0, 0.1) is 6.92 Å². The van der Waals surface area contributed by atoms with E-state index in [2.05, 4.69) is 31.0 Å². The van der Waals surface area contributed by atoms with Crippen molar-refractivity contribution in [2.75, 3.05) is 6.54 Å². The van der Waals surface area contributed by atoms with E-state index in [-0.39, 0.29) is 5.91 Å². The SMILES string of the molecule is CCCN1C(=O)/C(=C\c2ccc(C)cc2)SC1=Nc1ccccc1. The molecular formula is C20H20N2OS. The fourth-order valence-corrected chi connectivity index (χ4v) is 3.46. The molecule has 2 aromatic rings. The van der Waals surface area contributed by atoms with Crippen LogP contribution in [0.2, 0.25) is 0 Å². The third-order valence-electron chi connectivity index (χ3n) is 3.69. The van der Waals surface area contributed by atoms with Gasteiger partial charge in [0.05, 0.1) is 10.6 Å². The van der Waals surface area contributed by atoms with E-state index < -0.39 is 0 Å². The highest BCUT2D eigenvalue weighted by Crippen LogP contribution is 2.34. The third kappa shape index (κ3) is 3.77. The minimum atomic E-state index is 0.0390. The lowest BCUT2D eigenvalue weighted by atomic mass is 10.1. The van der Waals surface area contributed by atoms with Gasteiger partial charge in [-0.1, -0.05) is 55.0 Å². The standard InChI is InChI=1S/C20H20N2OS/c1-3-13-22-19(23)18(14-16-11-9-15(2)10-12-16)24-20(22)21-17-7-5-4-6-8-17/h4-12,14H,3,13H2,1-2H3/b18-14+,21-20?. The smallest absolute Gasteiger partial charge is 0.266 e. The molecule has 0 atom stereocenters. The molecule has 1 aliphatic rings. The van der Waals surface area contributed by atoms with E-state index in [0.29, 0.717) is 6.54 Å². The van der Waals surface area contributed by atoms with Gasteiger partial charge >= 0.3 is 0 Å². The van der Waals surface area contributed by atoms with Crippen LogP contribution < -0.4 is 0 Å². The van der Waals surface area contributed by atoms with E-state index in [9.17, 15) is 4.79 Å². The minimum absolute atomic E-state index is 0.0390. The molecule has 122 valence electrons. The maximum absolute atomic E-state index is 12.7. The molecule has 0 bridgehead atoms. The van der Waals surface area contributed by atoms with Crippen LogP contribution >= 0.6 is 11.8 Å².